The molecule has 2 aromatic carbocycles. The molecule has 0 spiro atoms. The molecule has 0 saturated heterocycles. The molecule has 168 valence electrons. The number of rotatable bonds is 5. The third-order valence-corrected chi connectivity index (χ3v) is 6.74. The van der Waals surface area contributed by atoms with Crippen molar-refractivity contribution in [3.8, 4) is 0 Å². The number of nitrogens with zero attached hydrogens (tertiary/aromatic N) is 3. The SMILES string of the molecule is O=C(Nc1ccc(Cl)c(C(F)(F)F)c1)[C@@H](Sc1nnc2n1CCCCC2)c1ccccc1. The summed E-state index contributed by atoms with van der Waals surface area (Å²) in [5, 5.41) is 10.6. The zero-order valence-electron chi connectivity index (χ0n) is 16.9. The number of carbonyl (C=O) groups excluding carboxylic acids is 1. The standard InChI is InChI=1S/C22H20ClF3N4OS/c23-17-11-10-15(13-16(17)22(24,25)26)27-20(31)19(14-7-3-1-4-8-14)32-21-29-28-18-9-5-2-6-12-30(18)21/h1,3-4,7-8,10-11,13,19H,2,5-6,9,12H2,(H,27,31)/t19-/m0/s1. The molecule has 10 heteroatoms. The number of thioether (sulfide) groups is 1. The van der Waals surface area contributed by atoms with E-state index < -0.39 is 27.9 Å². The molecule has 0 bridgehead atoms. The highest BCUT2D eigenvalue weighted by Crippen LogP contribution is 2.38. The Kier molecular flexibility index (Phi) is 6.76. The Hall–Kier alpha value is -2.52. The number of hydrogen-bond donors (Lipinski definition) is 1. The Labute approximate surface area is 192 Å². The number of fused-ring (bicyclic) bond motifs is 1. The summed E-state index contributed by atoms with van der Waals surface area (Å²) in [5.41, 5.74) is -0.261. The molecule has 1 aromatic heterocycles. The summed E-state index contributed by atoms with van der Waals surface area (Å²) < 4.78 is 41.7. The summed E-state index contributed by atoms with van der Waals surface area (Å²) >= 11 is 6.94. The molecule has 32 heavy (non-hydrogen) atoms. The minimum atomic E-state index is -4.62. The highest BCUT2D eigenvalue weighted by atomic mass is 35.5. The lowest BCUT2D eigenvalue weighted by molar-refractivity contribution is -0.137. The molecule has 3 aromatic rings. The summed E-state index contributed by atoms with van der Waals surface area (Å²) in [4.78, 5) is 13.2. The summed E-state index contributed by atoms with van der Waals surface area (Å²) in [7, 11) is 0. The lowest BCUT2D eigenvalue weighted by Crippen LogP contribution is -2.20. The second kappa shape index (κ2) is 9.54. The zero-order chi connectivity index (χ0) is 22.7. The Morgan fingerprint density at radius 2 is 1.88 bits per heavy atom. The number of aryl methyl sites for hydroxylation is 1. The second-order valence-corrected chi connectivity index (χ2v) is 8.93. The number of hydrogen-bond acceptors (Lipinski definition) is 4. The van der Waals surface area contributed by atoms with Crippen LogP contribution in [0.15, 0.2) is 53.7 Å². The van der Waals surface area contributed by atoms with Crippen LogP contribution in [0.25, 0.3) is 0 Å². The highest BCUT2D eigenvalue weighted by molar-refractivity contribution is 8.00. The molecule has 1 amide bonds. The third-order valence-electron chi connectivity index (χ3n) is 5.18. The molecule has 5 nitrogen and oxygen atoms in total. The number of amides is 1. The number of nitrogens with one attached hydrogen (secondary N) is 1. The molecule has 1 aliphatic rings. The second-order valence-electron chi connectivity index (χ2n) is 7.45. The van der Waals surface area contributed by atoms with Crippen LogP contribution in [-0.2, 0) is 23.9 Å². The number of alkyl halides is 3. The first-order chi connectivity index (χ1) is 15.3. The van der Waals surface area contributed by atoms with Gasteiger partial charge in [0.05, 0.1) is 10.6 Å². The Morgan fingerprint density at radius 3 is 2.62 bits per heavy atom. The molecule has 0 radical (unpaired) electrons. The average Bonchev–Trinajstić information content (AvgIpc) is 2.98. The van der Waals surface area contributed by atoms with Gasteiger partial charge in [-0.25, -0.2) is 0 Å². The van der Waals surface area contributed by atoms with Crippen LogP contribution in [0.2, 0.25) is 5.02 Å². The van der Waals surface area contributed by atoms with Crippen LogP contribution < -0.4 is 5.32 Å². The van der Waals surface area contributed by atoms with Crippen LogP contribution >= 0.6 is 23.4 Å². The van der Waals surface area contributed by atoms with Crippen molar-refractivity contribution in [2.75, 3.05) is 5.32 Å². The van der Waals surface area contributed by atoms with Crippen molar-refractivity contribution in [3.63, 3.8) is 0 Å². The summed E-state index contributed by atoms with van der Waals surface area (Å²) in [6, 6.07) is 12.4. The molecule has 0 unspecified atom stereocenters. The molecule has 4 rings (SSSR count). The molecule has 2 heterocycles. The normalized spacial score (nSPS) is 15.0. The minimum absolute atomic E-state index is 0.0216. The predicted octanol–water partition coefficient (Wildman–Crippen LogP) is 6.15. The van der Waals surface area contributed by atoms with E-state index in [2.05, 4.69) is 15.5 Å². The van der Waals surface area contributed by atoms with Crippen molar-refractivity contribution < 1.29 is 18.0 Å². The average molecular weight is 481 g/mol. The first kappa shape index (κ1) is 22.7. The minimum Gasteiger partial charge on any atom is -0.325 e. The van der Waals surface area contributed by atoms with E-state index >= 15 is 0 Å². The van der Waals surface area contributed by atoms with Gasteiger partial charge in [-0.15, -0.1) is 10.2 Å². The maximum atomic E-state index is 13.2. The van der Waals surface area contributed by atoms with E-state index in [0.29, 0.717) is 10.7 Å². The van der Waals surface area contributed by atoms with Crippen LogP contribution in [0.1, 0.15) is 41.5 Å². The van der Waals surface area contributed by atoms with Crippen molar-refractivity contribution in [2.45, 2.75) is 48.8 Å². The quantitative estimate of drug-likeness (QED) is 0.445. The van der Waals surface area contributed by atoms with Crippen molar-refractivity contribution in [3.05, 3.63) is 70.5 Å². The van der Waals surface area contributed by atoms with Crippen molar-refractivity contribution in [2.24, 2.45) is 0 Å². The van der Waals surface area contributed by atoms with E-state index in [1.807, 2.05) is 22.8 Å². The van der Waals surface area contributed by atoms with Gasteiger partial charge in [0.1, 0.15) is 11.1 Å². The summed E-state index contributed by atoms with van der Waals surface area (Å²) in [6.45, 7) is 0.778. The number of halogens is 4. The van der Waals surface area contributed by atoms with Gasteiger partial charge in [-0.2, -0.15) is 13.2 Å². The van der Waals surface area contributed by atoms with Gasteiger partial charge >= 0.3 is 6.18 Å². The van der Waals surface area contributed by atoms with Gasteiger partial charge in [0.2, 0.25) is 5.91 Å². The van der Waals surface area contributed by atoms with Crippen LogP contribution in [0.3, 0.4) is 0 Å². The van der Waals surface area contributed by atoms with Crippen LogP contribution in [0.4, 0.5) is 18.9 Å². The summed E-state index contributed by atoms with van der Waals surface area (Å²) in [6.07, 6.45) is -0.630. The van der Waals surface area contributed by atoms with E-state index in [1.54, 1.807) is 12.1 Å². The van der Waals surface area contributed by atoms with E-state index in [1.165, 1.54) is 17.8 Å². The Morgan fingerprint density at radius 1 is 1.09 bits per heavy atom. The van der Waals surface area contributed by atoms with Gasteiger partial charge in [0.15, 0.2) is 5.16 Å². The van der Waals surface area contributed by atoms with E-state index in [9.17, 15) is 18.0 Å². The molecule has 0 fully saturated rings. The maximum Gasteiger partial charge on any atom is 0.417 e. The van der Waals surface area contributed by atoms with Crippen LogP contribution in [0, 0.1) is 0 Å². The monoisotopic (exact) mass is 480 g/mol. The van der Waals surface area contributed by atoms with Crippen LogP contribution in [0.5, 0.6) is 0 Å². The zero-order valence-corrected chi connectivity index (χ0v) is 18.5. The van der Waals surface area contributed by atoms with Gasteiger partial charge in [0, 0.05) is 18.7 Å². The maximum absolute atomic E-state index is 13.2. The lowest BCUT2D eigenvalue weighted by Gasteiger charge is -2.18. The van der Waals surface area contributed by atoms with E-state index in [-0.39, 0.29) is 5.69 Å². The molecule has 1 atom stereocenters. The number of anilines is 1. The van der Waals surface area contributed by atoms with Gasteiger partial charge in [-0.05, 0) is 36.6 Å². The van der Waals surface area contributed by atoms with Gasteiger partial charge in [-0.1, -0.05) is 60.1 Å². The third kappa shape index (κ3) is 5.10. The lowest BCUT2D eigenvalue weighted by atomic mass is 10.1. The molecule has 1 N–H and O–H groups in total. The molecule has 0 saturated carbocycles. The van der Waals surface area contributed by atoms with Gasteiger partial charge in [-0.3, -0.25) is 4.79 Å². The first-order valence-corrected chi connectivity index (χ1v) is 11.4. The molecular weight excluding hydrogens is 461 g/mol. The Balaban J connectivity index is 1.62. The smallest absolute Gasteiger partial charge is 0.325 e. The van der Waals surface area contributed by atoms with Crippen molar-refractivity contribution in [1.29, 1.82) is 0 Å². The summed E-state index contributed by atoms with van der Waals surface area (Å²) in [5.74, 6) is 0.437. The first-order valence-electron chi connectivity index (χ1n) is 10.1. The van der Waals surface area contributed by atoms with Gasteiger partial charge in [0.25, 0.3) is 0 Å². The van der Waals surface area contributed by atoms with E-state index in [4.69, 9.17) is 11.6 Å². The topological polar surface area (TPSA) is 59.8 Å². The molecular formula is C22H20ClF3N4OS. The van der Waals surface area contributed by atoms with Gasteiger partial charge < -0.3 is 9.88 Å². The molecule has 1 aliphatic heterocycles. The van der Waals surface area contributed by atoms with Crippen molar-refractivity contribution in [1.82, 2.24) is 14.8 Å². The fourth-order valence-corrected chi connectivity index (χ4v) is 4.89. The number of aromatic nitrogens is 3. The number of carbonyl (C=O) groups is 1. The van der Waals surface area contributed by atoms with Crippen LogP contribution in [-0.4, -0.2) is 20.7 Å². The largest absolute Gasteiger partial charge is 0.417 e. The van der Waals surface area contributed by atoms with Crippen molar-refractivity contribution >= 4 is 35.0 Å². The number of benzene rings is 2. The fraction of sp³-hybridized carbons (Fsp3) is 0.318. The predicted molar refractivity (Wildman–Crippen MR) is 118 cm³/mol. The van der Waals surface area contributed by atoms with E-state index in [0.717, 1.165) is 50.2 Å². The molecule has 0 aliphatic carbocycles. The highest BCUT2D eigenvalue weighted by Gasteiger charge is 2.34. The Bertz CT molecular complexity index is 1100. The fourth-order valence-electron chi connectivity index (χ4n) is 3.58.